The Morgan fingerprint density at radius 1 is 0.871 bits per heavy atom. The molecule has 0 saturated carbocycles. The van der Waals surface area contributed by atoms with Gasteiger partial charge < -0.3 is 9.47 Å². The van der Waals surface area contributed by atoms with Gasteiger partial charge in [-0.3, -0.25) is 9.36 Å². The lowest BCUT2D eigenvalue weighted by Crippen LogP contribution is -2.22. The largest absolute Gasteiger partial charge is 0.493 e. The molecule has 0 saturated heterocycles. The van der Waals surface area contributed by atoms with E-state index >= 15 is 0 Å². The maximum Gasteiger partial charge on any atom is 0.266 e. The van der Waals surface area contributed by atoms with Crippen LogP contribution >= 0.6 is 0 Å². The van der Waals surface area contributed by atoms with Gasteiger partial charge in [0.15, 0.2) is 11.5 Å². The van der Waals surface area contributed by atoms with E-state index in [1.54, 1.807) is 24.9 Å². The Bertz CT molecular complexity index is 1350. The van der Waals surface area contributed by atoms with Crippen LogP contribution < -0.4 is 15.0 Å². The monoisotopic (exact) mass is 412 g/mol. The molecule has 5 heteroatoms. The molecule has 0 aliphatic heterocycles. The van der Waals surface area contributed by atoms with Crippen molar-refractivity contribution >= 4 is 23.1 Å². The van der Waals surface area contributed by atoms with Gasteiger partial charge in [-0.2, -0.15) is 0 Å². The van der Waals surface area contributed by atoms with Crippen molar-refractivity contribution in [3.8, 4) is 17.2 Å². The molecule has 0 fully saturated rings. The van der Waals surface area contributed by atoms with Crippen molar-refractivity contribution in [2.75, 3.05) is 14.2 Å². The second-order valence-corrected chi connectivity index (χ2v) is 7.31. The van der Waals surface area contributed by atoms with Crippen LogP contribution in [-0.2, 0) is 0 Å². The van der Waals surface area contributed by atoms with Gasteiger partial charge in [-0.05, 0) is 67.5 Å². The molecule has 5 nitrogen and oxygen atoms in total. The van der Waals surface area contributed by atoms with Crippen LogP contribution in [0.2, 0.25) is 0 Å². The van der Waals surface area contributed by atoms with Crippen LogP contribution in [0.5, 0.6) is 11.5 Å². The van der Waals surface area contributed by atoms with Crippen molar-refractivity contribution in [3.63, 3.8) is 0 Å². The van der Waals surface area contributed by atoms with Crippen molar-refractivity contribution in [1.82, 2.24) is 9.55 Å². The van der Waals surface area contributed by atoms with Gasteiger partial charge in [0.25, 0.3) is 5.56 Å². The fourth-order valence-electron chi connectivity index (χ4n) is 3.58. The van der Waals surface area contributed by atoms with E-state index in [-0.39, 0.29) is 5.56 Å². The van der Waals surface area contributed by atoms with E-state index < -0.39 is 0 Å². The van der Waals surface area contributed by atoms with Crippen LogP contribution in [-0.4, -0.2) is 23.8 Å². The number of rotatable bonds is 5. The molecule has 0 spiro atoms. The minimum atomic E-state index is -0.105. The van der Waals surface area contributed by atoms with Gasteiger partial charge in [-0.25, -0.2) is 4.98 Å². The highest BCUT2D eigenvalue weighted by Gasteiger charge is 2.12. The molecule has 0 aliphatic carbocycles. The summed E-state index contributed by atoms with van der Waals surface area (Å²) in [5, 5.41) is 0.580. The van der Waals surface area contributed by atoms with E-state index in [9.17, 15) is 4.79 Å². The Morgan fingerprint density at radius 2 is 1.68 bits per heavy atom. The van der Waals surface area contributed by atoms with Crippen LogP contribution in [0.3, 0.4) is 0 Å². The first kappa shape index (κ1) is 20.4. The minimum Gasteiger partial charge on any atom is -0.493 e. The third kappa shape index (κ3) is 3.82. The summed E-state index contributed by atoms with van der Waals surface area (Å²) in [5.74, 6) is 1.81. The third-order valence-electron chi connectivity index (χ3n) is 5.40. The van der Waals surface area contributed by atoms with Gasteiger partial charge >= 0.3 is 0 Å². The zero-order valence-electron chi connectivity index (χ0n) is 18.0. The summed E-state index contributed by atoms with van der Waals surface area (Å²) in [6, 6.07) is 19.0. The maximum atomic E-state index is 13.4. The molecule has 0 N–H and O–H groups in total. The molecule has 0 radical (unpaired) electrons. The van der Waals surface area contributed by atoms with E-state index in [1.165, 1.54) is 5.56 Å². The highest BCUT2D eigenvalue weighted by molar-refractivity contribution is 5.80. The molecule has 31 heavy (non-hydrogen) atoms. The molecule has 0 aliphatic rings. The molecule has 0 amide bonds. The number of benzene rings is 3. The van der Waals surface area contributed by atoms with Crippen molar-refractivity contribution in [3.05, 3.63) is 93.5 Å². The summed E-state index contributed by atoms with van der Waals surface area (Å²) in [7, 11) is 3.21. The van der Waals surface area contributed by atoms with E-state index in [1.807, 2.05) is 73.7 Å². The van der Waals surface area contributed by atoms with Crippen LogP contribution in [0.4, 0.5) is 0 Å². The quantitative estimate of drug-likeness (QED) is 0.453. The smallest absolute Gasteiger partial charge is 0.266 e. The van der Waals surface area contributed by atoms with Crippen molar-refractivity contribution in [1.29, 1.82) is 0 Å². The first-order valence-corrected chi connectivity index (χ1v) is 10.0. The van der Waals surface area contributed by atoms with Gasteiger partial charge in [0.1, 0.15) is 5.82 Å². The average Bonchev–Trinajstić information content (AvgIpc) is 2.79. The van der Waals surface area contributed by atoms with Gasteiger partial charge in [-0.15, -0.1) is 0 Å². The molecule has 0 unspecified atom stereocenters. The lowest BCUT2D eigenvalue weighted by molar-refractivity contribution is 0.354. The lowest BCUT2D eigenvalue weighted by Gasteiger charge is -2.13. The number of aromatic nitrogens is 2. The predicted octanol–water partition coefficient (Wildman–Crippen LogP) is 5.19. The number of nitrogens with zero attached hydrogens (tertiary/aromatic N) is 2. The number of fused-ring (bicyclic) bond motifs is 1. The normalized spacial score (nSPS) is 11.2. The number of hydrogen-bond donors (Lipinski definition) is 0. The summed E-state index contributed by atoms with van der Waals surface area (Å²) < 4.78 is 12.6. The summed E-state index contributed by atoms with van der Waals surface area (Å²) in [6.07, 6.45) is 3.72. The number of para-hydroxylation sites is 2. The van der Waals surface area contributed by atoms with Gasteiger partial charge in [0.05, 0.1) is 30.8 Å². The van der Waals surface area contributed by atoms with E-state index in [0.717, 1.165) is 16.8 Å². The zero-order valence-corrected chi connectivity index (χ0v) is 18.0. The first-order valence-electron chi connectivity index (χ1n) is 10.0. The van der Waals surface area contributed by atoms with Gasteiger partial charge in [0.2, 0.25) is 0 Å². The Kier molecular flexibility index (Phi) is 5.58. The SMILES string of the molecule is COc1cccc(/C=C/c2nc3ccccc3c(=O)n2-c2ccc(C)c(C)c2)c1OC. The van der Waals surface area contributed by atoms with E-state index in [4.69, 9.17) is 14.5 Å². The summed E-state index contributed by atoms with van der Waals surface area (Å²) in [5.41, 5.74) is 4.45. The average molecular weight is 412 g/mol. The summed E-state index contributed by atoms with van der Waals surface area (Å²) in [4.78, 5) is 18.2. The molecule has 1 heterocycles. The number of hydrogen-bond acceptors (Lipinski definition) is 4. The maximum absolute atomic E-state index is 13.4. The molecular formula is C26H24N2O3. The molecule has 156 valence electrons. The van der Waals surface area contributed by atoms with E-state index in [2.05, 4.69) is 6.92 Å². The van der Waals surface area contributed by atoms with Crippen LogP contribution in [0.15, 0.2) is 65.5 Å². The standard InChI is InChI=1S/C26H24N2O3/c1-17-12-14-20(16-18(17)2)28-24(27-22-10-6-5-9-21(22)26(28)29)15-13-19-8-7-11-23(30-3)25(19)31-4/h5-16H,1-4H3/b15-13+. The van der Waals surface area contributed by atoms with Crippen molar-refractivity contribution < 1.29 is 9.47 Å². The fraction of sp³-hybridized carbons (Fsp3) is 0.154. The molecule has 3 aromatic carbocycles. The highest BCUT2D eigenvalue weighted by Crippen LogP contribution is 2.32. The Morgan fingerprint density at radius 3 is 2.42 bits per heavy atom. The number of aryl methyl sites for hydroxylation is 2. The third-order valence-corrected chi connectivity index (χ3v) is 5.40. The summed E-state index contributed by atoms with van der Waals surface area (Å²) >= 11 is 0. The fourth-order valence-corrected chi connectivity index (χ4v) is 3.58. The van der Waals surface area contributed by atoms with E-state index in [0.29, 0.717) is 28.2 Å². The Balaban J connectivity index is 1.94. The lowest BCUT2D eigenvalue weighted by atomic mass is 10.1. The topological polar surface area (TPSA) is 53.3 Å². The first-order chi connectivity index (χ1) is 15.0. The van der Waals surface area contributed by atoms with Crippen LogP contribution in [0.25, 0.3) is 28.7 Å². The minimum absolute atomic E-state index is 0.105. The Labute approximate surface area is 181 Å². The van der Waals surface area contributed by atoms with Gasteiger partial charge in [0, 0.05) is 5.56 Å². The second kappa shape index (κ2) is 8.48. The van der Waals surface area contributed by atoms with Crippen LogP contribution in [0, 0.1) is 13.8 Å². The second-order valence-electron chi connectivity index (χ2n) is 7.31. The highest BCUT2D eigenvalue weighted by atomic mass is 16.5. The molecule has 0 bridgehead atoms. The van der Waals surface area contributed by atoms with Crippen LogP contribution in [0.1, 0.15) is 22.5 Å². The Hall–Kier alpha value is -3.86. The molecule has 4 rings (SSSR count). The zero-order chi connectivity index (χ0) is 22.0. The molecular weight excluding hydrogens is 388 g/mol. The number of methoxy groups -OCH3 is 2. The molecule has 1 aromatic heterocycles. The molecule has 4 aromatic rings. The van der Waals surface area contributed by atoms with Crippen molar-refractivity contribution in [2.24, 2.45) is 0 Å². The predicted molar refractivity (Wildman–Crippen MR) is 125 cm³/mol. The summed E-state index contributed by atoms with van der Waals surface area (Å²) in [6.45, 7) is 4.09. The van der Waals surface area contributed by atoms with Gasteiger partial charge in [-0.1, -0.05) is 30.3 Å². The number of ether oxygens (including phenoxy) is 2. The van der Waals surface area contributed by atoms with Crippen molar-refractivity contribution in [2.45, 2.75) is 13.8 Å². The molecule has 0 atom stereocenters.